The molecule has 0 bridgehead atoms. The lowest BCUT2D eigenvalue weighted by molar-refractivity contribution is 0.669. The number of isothiocyanates is 1. The minimum Gasteiger partial charge on any atom is -0.234 e. The highest BCUT2D eigenvalue weighted by atomic mass is 32.2. The zero-order valence-electron chi connectivity index (χ0n) is 6.71. The average Bonchev–Trinajstić information content (AvgIpc) is 1.99. The van der Waals surface area contributed by atoms with E-state index < -0.39 is 11.0 Å². The fourth-order valence-corrected chi connectivity index (χ4v) is 1.61. The molecule has 0 aromatic carbocycles. The second kappa shape index (κ2) is 8.05. The summed E-state index contributed by atoms with van der Waals surface area (Å²) in [7, 11) is -1.11. The standard InChI is InChI=1S/C7H13NOS2/c1-2-3-4-5-6-11(9)8-7-10/h2-6H2,1H3. The predicted molar refractivity (Wildman–Crippen MR) is 52.2 cm³/mol. The smallest absolute Gasteiger partial charge is 0.148 e. The first kappa shape index (κ1) is 11.0. The van der Waals surface area contributed by atoms with Crippen LogP contribution in [0.5, 0.6) is 0 Å². The van der Waals surface area contributed by atoms with Gasteiger partial charge in [0.2, 0.25) is 0 Å². The van der Waals surface area contributed by atoms with Gasteiger partial charge in [0.15, 0.2) is 0 Å². The maximum atomic E-state index is 10.8. The fourth-order valence-electron chi connectivity index (χ4n) is 0.740. The molecule has 0 rings (SSSR count). The van der Waals surface area contributed by atoms with E-state index in [0.717, 1.165) is 12.8 Å². The normalized spacial score (nSPS) is 12.1. The SMILES string of the molecule is CCCCCCS(=O)N=C=S. The molecule has 64 valence electrons. The summed E-state index contributed by atoms with van der Waals surface area (Å²) in [5, 5.41) is 2.12. The Balaban J connectivity index is 3.24. The summed E-state index contributed by atoms with van der Waals surface area (Å²) >= 11 is 4.32. The van der Waals surface area contributed by atoms with Crippen LogP contribution in [0.4, 0.5) is 0 Å². The Kier molecular flexibility index (Phi) is 8.01. The van der Waals surface area contributed by atoms with E-state index in [1.165, 1.54) is 12.8 Å². The molecule has 0 fully saturated rings. The van der Waals surface area contributed by atoms with Crippen molar-refractivity contribution in [3.63, 3.8) is 0 Å². The van der Waals surface area contributed by atoms with Crippen LogP contribution in [0.2, 0.25) is 0 Å². The van der Waals surface area contributed by atoms with E-state index in [2.05, 4.69) is 28.7 Å². The molecular formula is C7H13NOS2. The molecule has 0 saturated carbocycles. The lowest BCUT2D eigenvalue weighted by atomic mass is 10.2. The molecule has 0 heterocycles. The van der Waals surface area contributed by atoms with Gasteiger partial charge in [-0.1, -0.05) is 26.2 Å². The van der Waals surface area contributed by atoms with Crippen molar-refractivity contribution in [2.45, 2.75) is 32.6 Å². The van der Waals surface area contributed by atoms with Crippen LogP contribution in [0.3, 0.4) is 0 Å². The van der Waals surface area contributed by atoms with Crippen molar-refractivity contribution in [3.05, 3.63) is 0 Å². The molecule has 1 atom stereocenters. The van der Waals surface area contributed by atoms with E-state index in [1.54, 1.807) is 0 Å². The lowest BCUT2D eigenvalue weighted by Gasteiger charge is -1.94. The van der Waals surface area contributed by atoms with Gasteiger partial charge in [-0.15, -0.1) is 4.40 Å². The first-order chi connectivity index (χ1) is 5.31. The van der Waals surface area contributed by atoms with Crippen LogP contribution in [-0.4, -0.2) is 15.1 Å². The summed E-state index contributed by atoms with van der Waals surface area (Å²) in [6.07, 6.45) is 4.51. The van der Waals surface area contributed by atoms with Gasteiger partial charge in [0.05, 0.1) is 5.16 Å². The molecule has 11 heavy (non-hydrogen) atoms. The van der Waals surface area contributed by atoms with E-state index in [-0.39, 0.29) is 0 Å². The van der Waals surface area contributed by atoms with Crippen molar-refractivity contribution in [1.82, 2.24) is 0 Å². The van der Waals surface area contributed by atoms with E-state index in [0.29, 0.717) is 5.75 Å². The number of hydrogen-bond donors (Lipinski definition) is 0. The predicted octanol–water partition coefficient (Wildman–Crippen LogP) is 2.33. The molecule has 0 spiro atoms. The van der Waals surface area contributed by atoms with Crippen LogP contribution < -0.4 is 0 Å². The highest BCUT2D eigenvalue weighted by molar-refractivity contribution is 7.85. The third-order valence-corrected chi connectivity index (χ3v) is 2.45. The van der Waals surface area contributed by atoms with E-state index in [1.807, 2.05) is 0 Å². The minimum atomic E-state index is -1.11. The van der Waals surface area contributed by atoms with Gasteiger partial charge in [0.1, 0.15) is 11.0 Å². The zero-order chi connectivity index (χ0) is 8.53. The Bertz CT molecular complexity index is 164. The summed E-state index contributed by atoms with van der Waals surface area (Å²) in [5.74, 6) is 0.629. The third-order valence-electron chi connectivity index (χ3n) is 1.31. The summed E-state index contributed by atoms with van der Waals surface area (Å²) in [6.45, 7) is 2.14. The van der Waals surface area contributed by atoms with Crippen molar-refractivity contribution in [2.24, 2.45) is 4.40 Å². The van der Waals surface area contributed by atoms with Gasteiger partial charge in [-0.3, -0.25) is 0 Å². The maximum Gasteiger partial charge on any atom is 0.148 e. The molecule has 0 saturated heterocycles. The second-order valence-electron chi connectivity index (χ2n) is 2.27. The highest BCUT2D eigenvalue weighted by Crippen LogP contribution is 2.00. The Morgan fingerprint density at radius 2 is 2.18 bits per heavy atom. The van der Waals surface area contributed by atoms with Gasteiger partial charge in [-0.05, 0) is 18.6 Å². The summed E-state index contributed by atoms with van der Waals surface area (Å²) in [4.78, 5) is 0. The van der Waals surface area contributed by atoms with Crippen molar-refractivity contribution in [1.29, 1.82) is 0 Å². The zero-order valence-corrected chi connectivity index (χ0v) is 8.34. The first-order valence-electron chi connectivity index (χ1n) is 3.77. The highest BCUT2D eigenvalue weighted by Gasteiger charge is 1.94. The van der Waals surface area contributed by atoms with Gasteiger partial charge >= 0.3 is 0 Å². The van der Waals surface area contributed by atoms with Gasteiger partial charge < -0.3 is 0 Å². The largest absolute Gasteiger partial charge is 0.234 e. The monoisotopic (exact) mass is 191 g/mol. The van der Waals surface area contributed by atoms with Crippen LogP contribution in [0.1, 0.15) is 32.6 Å². The molecule has 1 unspecified atom stereocenters. The molecule has 0 aromatic rings. The third kappa shape index (κ3) is 7.85. The first-order valence-corrected chi connectivity index (χ1v) is 5.46. The molecule has 0 aliphatic carbocycles. The second-order valence-corrected chi connectivity index (χ2v) is 3.69. The van der Waals surface area contributed by atoms with Crippen LogP contribution in [-0.2, 0) is 11.0 Å². The van der Waals surface area contributed by atoms with Crippen molar-refractivity contribution in [3.8, 4) is 0 Å². The summed E-state index contributed by atoms with van der Waals surface area (Å²) in [5.41, 5.74) is 0. The topological polar surface area (TPSA) is 29.4 Å². The number of rotatable bonds is 6. The van der Waals surface area contributed by atoms with Crippen LogP contribution >= 0.6 is 12.2 Å². The van der Waals surface area contributed by atoms with Gasteiger partial charge in [0.25, 0.3) is 0 Å². The molecule has 0 radical (unpaired) electrons. The maximum absolute atomic E-state index is 10.8. The van der Waals surface area contributed by atoms with Crippen LogP contribution in [0.15, 0.2) is 4.40 Å². The van der Waals surface area contributed by atoms with E-state index in [4.69, 9.17) is 0 Å². The molecule has 0 N–H and O–H groups in total. The number of unbranched alkanes of at least 4 members (excludes halogenated alkanes) is 3. The Morgan fingerprint density at radius 1 is 1.45 bits per heavy atom. The molecule has 0 aliphatic heterocycles. The Morgan fingerprint density at radius 3 is 2.73 bits per heavy atom. The number of nitrogens with zero attached hydrogens (tertiary/aromatic N) is 1. The summed E-state index contributed by atoms with van der Waals surface area (Å²) in [6, 6.07) is 0. The van der Waals surface area contributed by atoms with Gasteiger partial charge in [0, 0.05) is 5.75 Å². The van der Waals surface area contributed by atoms with Gasteiger partial charge in [-0.25, -0.2) is 4.21 Å². The van der Waals surface area contributed by atoms with Crippen molar-refractivity contribution in [2.75, 3.05) is 5.75 Å². The van der Waals surface area contributed by atoms with Crippen LogP contribution in [0, 0.1) is 0 Å². The fraction of sp³-hybridized carbons (Fsp3) is 0.857. The number of thiocarbonyl (C=S) groups is 1. The van der Waals surface area contributed by atoms with E-state index >= 15 is 0 Å². The quantitative estimate of drug-likeness (QED) is 0.366. The van der Waals surface area contributed by atoms with Crippen molar-refractivity contribution < 1.29 is 4.21 Å². The molecule has 0 aromatic heterocycles. The average molecular weight is 191 g/mol. The van der Waals surface area contributed by atoms with E-state index in [9.17, 15) is 4.21 Å². The molecule has 0 amide bonds. The molecule has 0 aliphatic rings. The minimum absolute atomic E-state index is 0.629. The molecule has 4 heteroatoms. The van der Waals surface area contributed by atoms with Crippen LogP contribution in [0.25, 0.3) is 0 Å². The summed E-state index contributed by atoms with van der Waals surface area (Å²) < 4.78 is 14.3. The number of hydrogen-bond acceptors (Lipinski definition) is 2. The Hall–Kier alpha value is -0.0500. The molecular weight excluding hydrogens is 178 g/mol. The lowest BCUT2D eigenvalue weighted by Crippen LogP contribution is -1.92. The van der Waals surface area contributed by atoms with Gasteiger partial charge in [-0.2, -0.15) is 0 Å². The van der Waals surface area contributed by atoms with Crippen molar-refractivity contribution >= 4 is 28.4 Å². The molecule has 2 nitrogen and oxygen atoms in total. The Labute approximate surface area is 75.7 Å².